The van der Waals surface area contributed by atoms with Gasteiger partial charge in [0, 0.05) is 55.3 Å². The van der Waals surface area contributed by atoms with Gasteiger partial charge in [0.15, 0.2) is 23.3 Å². The molecule has 0 N–H and O–H groups in total. The number of aromatic nitrogens is 11. The first-order valence-electron chi connectivity index (χ1n) is 23.8. The lowest BCUT2D eigenvalue weighted by molar-refractivity contribution is 0.928. The number of nitrogens with zero attached hydrogens (tertiary/aromatic N) is 12. The van der Waals surface area contributed by atoms with E-state index in [1.165, 1.54) is 0 Å². The average Bonchev–Trinajstić information content (AvgIpc) is 3.75. The summed E-state index contributed by atoms with van der Waals surface area (Å²) in [7, 11) is 0. The highest BCUT2D eigenvalue weighted by Gasteiger charge is 2.26. The zero-order valence-electron chi connectivity index (χ0n) is 40.2. The van der Waals surface area contributed by atoms with E-state index in [-0.39, 0.29) is 0 Å². The highest BCUT2D eigenvalue weighted by atomic mass is 15.0. The SMILES string of the molecule is Cc1nc(C)nc(-c2ccc3c4ccc(-c5nc(C)nc(C)n5)cc4n(-c4c(-c5cc(-c6ccccc6)nc(-c6ccccc6)n5)cc(C#N)cc4-c4cc(-c5ccccc5)nc(-c5ccccc5)n4)c3c2)n1. The minimum Gasteiger partial charge on any atom is -0.308 e. The Labute approximate surface area is 420 Å². The molecule has 5 heterocycles. The monoisotopic (exact) mass is 942 g/mol. The lowest BCUT2D eigenvalue weighted by Gasteiger charge is -2.21. The van der Waals surface area contributed by atoms with Gasteiger partial charge in [0.25, 0.3) is 0 Å². The van der Waals surface area contributed by atoms with Crippen molar-refractivity contribution in [1.29, 1.82) is 5.26 Å². The Morgan fingerprint density at radius 2 is 0.671 bits per heavy atom. The molecule has 73 heavy (non-hydrogen) atoms. The van der Waals surface area contributed by atoms with Crippen LogP contribution in [0.5, 0.6) is 0 Å². The van der Waals surface area contributed by atoms with Crippen LogP contribution in [0.3, 0.4) is 0 Å². The van der Waals surface area contributed by atoms with Crippen LogP contribution in [-0.2, 0) is 0 Å². The maximum Gasteiger partial charge on any atom is 0.163 e. The van der Waals surface area contributed by atoms with Crippen LogP contribution in [0.1, 0.15) is 28.9 Å². The van der Waals surface area contributed by atoms with E-state index in [2.05, 4.69) is 57.0 Å². The molecule has 346 valence electrons. The molecule has 0 aliphatic carbocycles. The lowest BCUT2D eigenvalue weighted by atomic mass is 9.95. The van der Waals surface area contributed by atoms with Gasteiger partial charge in [0.2, 0.25) is 0 Å². The summed E-state index contributed by atoms with van der Waals surface area (Å²) < 4.78 is 2.25. The third kappa shape index (κ3) is 8.51. The van der Waals surface area contributed by atoms with Crippen molar-refractivity contribution in [3.63, 3.8) is 0 Å². The quantitative estimate of drug-likeness (QED) is 0.136. The molecule has 7 aromatic carbocycles. The van der Waals surface area contributed by atoms with E-state index in [4.69, 9.17) is 39.9 Å². The number of rotatable bonds is 9. The van der Waals surface area contributed by atoms with Crippen molar-refractivity contribution in [2.24, 2.45) is 0 Å². The summed E-state index contributed by atoms with van der Waals surface area (Å²) in [4.78, 5) is 49.5. The zero-order valence-corrected chi connectivity index (χ0v) is 40.2. The van der Waals surface area contributed by atoms with Crippen molar-refractivity contribution in [3.05, 3.63) is 211 Å². The molecule has 12 heteroatoms. The fraction of sp³-hybridized carbons (Fsp3) is 0.0656. The zero-order chi connectivity index (χ0) is 49.6. The standard InChI is InChI=1S/C61H42N12/c1-36-63-37(2)66-60(65-36)45-25-27-47-48-28-26-46(61-67-38(3)64-39(4)68-61)32-56(48)73(55(47)31-45)57-49(53-33-51(41-17-9-5-10-18-41)69-58(71-53)43-21-13-7-14-22-43)29-40(35-62)30-50(57)54-34-52(42-19-11-6-12-20-42)70-59(72-54)44-23-15-8-16-24-44/h5-34H,1-4H3. The molecule has 0 spiro atoms. The van der Waals surface area contributed by atoms with Gasteiger partial charge in [-0.25, -0.2) is 49.8 Å². The molecule has 0 aliphatic heterocycles. The third-order valence-corrected chi connectivity index (χ3v) is 12.7. The van der Waals surface area contributed by atoms with Crippen molar-refractivity contribution in [2.45, 2.75) is 27.7 Å². The Hall–Kier alpha value is -9.99. The molecule has 12 nitrogen and oxygen atoms in total. The van der Waals surface area contributed by atoms with Gasteiger partial charge in [-0.05, 0) is 64.1 Å². The fourth-order valence-corrected chi connectivity index (χ4v) is 9.47. The van der Waals surface area contributed by atoms with Crippen molar-refractivity contribution in [3.8, 4) is 102 Å². The summed E-state index contributed by atoms with van der Waals surface area (Å²) in [6.45, 7) is 7.50. The summed E-state index contributed by atoms with van der Waals surface area (Å²) >= 11 is 0. The largest absolute Gasteiger partial charge is 0.308 e. The van der Waals surface area contributed by atoms with E-state index in [1.54, 1.807) is 0 Å². The van der Waals surface area contributed by atoms with Gasteiger partial charge < -0.3 is 4.57 Å². The van der Waals surface area contributed by atoms with Gasteiger partial charge in [-0.1, -0.05) is 146 Å². The molecule has 12 aromatic rings. The van der Waals surface area contributed by atoms with Crippen LogP contribution in [0.25, 0.3) is 118 Å². The van der Waals surface area contributed by atoms with Gasteiger partial charge in [-0.15, -0.1) is 0 Å². The van der Waals surface area contributed by atoms with E-state index >= 15 is 0 Å². The maximum absolute atomic E-state index is 11.1. The minimum absolute atomic E-state index is 0.408. The normalized spacial score (nSPS) is 11.3. The Balaban J connectivity index is 1.26. The number of benzene rings is 7. The second kappa shape index (κ2) is 18.4. The van der Waals surface area contributed by atoms with E-state index in [1.807, 2.05) is 173 Å². The molecular weight excluding hydrogens is 901 g/mol. The highest BCUT2D eigenvalue weighted by molar-refractivity contribution is 6.12. The molecule has 0 fully saturated rings. The highest BCUT2D eigenvalue weighted by Crippen LogP contribution is 2.44. The number of nitriles is 1. The topological polar surface area (TPSA) is 158 Å². The van der Waals surface area contributed by atoms with Gasteiger partial charge in [-0.2, -0.15) is 5.26 Å². The molecule has 0 atom stereocenters. The fourth-order valence-electron chi connectivity index (χ4n) is 9.47. The van der Waals surface area contributed by atoms with Crippen LogP contribution in [0.4, 0.5) is 0 Å². The first-order chi connectivity index (χ1) is 35.7. The summed E-state index contributed by atoms with van der Waals surface area (Å²) in [5, 5.41) is 13.1. The molecule has 0 aliphatic rings. The smallest absolute Gasteiger partial charge is 0.163 e. The maximum atomic E-state index is 11.1. The van der Waals surface area contributed by atoms with Crippen molar-refractivity contribution in [1.82, 2.24) is 54.4 Å². The predicted molar refractivity (Wildman–Crippen MR) is 286 cm³/mol. The second-order valence-corrected chi connectivity index (χ2v) is 17.7. The second-order valence-electron chi connectivity index (χ2n) is 17.7. The summed E-state index contributed by atoms with van der Waals surface area (Å²) in [5.41, 5.74) is 11.9. The first kappa shape index (κ1) is 44.2. The van der Waals surface area contributed by atoms with Crippen LogP contribution in [0, 0.1) is 39.0 Å². The van der Waals surface area contributed by atoms with E-state index in [9.17, 15) is 5.26 Å². The molecule has 5 aromatic heterocycles. The summed E-state index contributed by atoms with van der Waals surface area (Å²) in [6.07, 6.45) is 0. The van der Waals surface area contributed by atoms with E-state index in [0.717, 1.165) is 55.2 Å². The molecule has 0 amide bonds. The Bertz CT molecular complexity index is 3720. The Kier molecular flexibility index (Phi) is 11.1. The lowest BCUT2D eigenvalue weighted by Crippen LogP contribution is -2.06. The summed E-state index contributed by atoms with van der Waals surface area (Å²) in [5.74, 6) is 4.62. The van der Waals surface area contributed by atoms with Crippen molar-refractivity contribution < 1.29 is 0 Å². The molecule has 0 saturated carbocycles. The predicted octanol–water partition coefficient (Wildman–Crippen LogP) is 13.2. The van der Waals surface area contributed by atoms with E-state index < -0.39 is 0 Å². The van der Waals surface area contributed by atoms with Gasteiger partial charge in [0.05, 0.1) is 51.1 Å². The van der Waals surface area contributed by atoms with Crippen LogP contribution >= 0.6 is 0 Å². The van der Waals surface area contributed by atoms with Crippen molar-refractivity contribution in [2.75, 3.05) is 0 Å². The number of hydrogen-bond acceptors (Lipinski definition) is 11. The third-order valence-electron chi connectivity index (χ3n) is 12.7. The van der Waals surface area contributed by atoms with Gasteiger partial charge >= 0.3 is 0 Å². The van der Waals surface area contributed by atoms with Crippen LogP contribution in [-0.4, -0.2) is 54.4 Å². The average molecular weight is 943 g/mol. The molecule has 0 saturated heterocycles. The first-order valence-corrected chi connectivity index (χ1v) is 23.8. The Morgan fingerprint density at radius 3 is 1.04 bits per heavy atom. The summed E-state index contributed by atoms with van der Waals surface area (Å²) in [6, 6.07) is 63.1. The Morgan fingerprint density at radius 1 is 0.329 bits per heavy atom. The van der Waals surface area contributed by atoms with E-state index in [0.29, 0.717) is 91.7 Å². The number of fused-ring (bicyclic) bond motifs is 3. The van der Waals surface area contributed by atoms with Gasteiger partial charge in [-0.3, -0.25) is 0 Å². The number of hydrogen-bond donors (Lipinski definition) is 0. The van der Waals surface area contributed by atoms with Crippen LogP contribution in [0.15, 0.2) is 182 Å². The van der Waals surface area contributed by atoms with Gasteiger partial charge in [0.1, 0.15) is 23.3 Å². The van der Waals surface area contributed by atoms with Crippen LogP contribution in [0.2, 0.25) is 0 Å². The molecule has 12 rings (SSSR count). The molecular formula is C61H42N12. The van der Waals surface area contributed by atoms with Crippen molar-refractivity contribution >= 4 is 21.8 Å². The number of aryl methyl sites for hydroxylation is 4. The minimum atomic E-state index is 0.408. The molecule has 0 radical (unpaired) electrons. The molecule has 0 bridgehead atoms. The van der Waals surface area contributed by atoms with Crippen LogP contribution < -0.4 is 0 Å². The molecule has 0 unspecified atom stereocenters.